The maximum absolute atomic E-state index is 14.5. The number of carbonyl (C=O) groups excluding carboxylic acids is 2. The molecule has 260 valence electrons. The summed E-state index contributed by atoms with van der Waals surface area (Å²) in [7, 11) is -4.62. The number of nitrogens with zero attached hydrogens (tertiary/aromatic N) is 2. The highest BCUT2D eigenvalue weighted by molar-refractivity contribution is 7.92. The Morgan fingerprint density at radius 2 is 1.49 bits per heavy atom. The lowest BCUT2D eigenvalue weighted by molar-refractivity contribution is -0.140. The molecule has 1 atom stereocenters. The van der Waals surface area contributed by atoms with Crippen molar-refractivity contribution in [1.82, 2.24) is 10.2 Å². The Morgan fingerprint density at radius 1 is 0.857 bits per heavy atom. The van der Waals surface area contributed by atoms with Crippen LogP contribution in [0.5, 0.6) is 0 Å². The van der Waals surface area contributed by atoms with E-state index in [0.29, 0.717) is 27.5 Å². The second-order valence-electron chi connectivity index (χ2n) is 12.0. The van der Waals surface area contributed by atoms with Gasteiger partial charge in [0.05, 0.1) is 21.2 Å². The number of hydrogen-bond acceptors (Lipinski definition) is 4. The number of anilines is 1. The van der Waals surface area contributed by atoms with Crippen molar-refractivity contribution < 1.29 is 31.2 Å². The number of nitrogens with one attached hydrogen (secondary N) is 1. The summed E-state index contributed by atoms with van der Waals surface area (Å²) in [5.41, 5.74) is 0.374. The first-order valence-corrected chi connectivity index (χ1v) is 17.6. The van der Waals surface area contributed by atoms with Crippen LogP contribution in [0.3, 0.4) is 0 Å². The fourth-order valence-electron chi connectivity index (χ4n) is 5.01. The van der Waals surface area contributed by atoms with Gasteiger partial charge < -0.3 is 10.2 Å². The Kier molecular flexibility index (Phi) is 12.4. The molecule has 0 aliphatic heterocycles. The fourth-order valence-corrected chi connectivity index (χ4v) is 6.77. The van der Waals surface area contributed by atoms with E-state index in [4.69, 9.17) is 23.2 Å². The minimum atomic E-state index is -4.91. The predicted octanol–water partition coefficient (Wildman–Crippen LogP) is 7.93. The van der Waals surface area contributed by atoms with Crippen LogP contribution in [0, 0.1) is 12.8 Å². The number of halogens is 5. The minimum Gasteiger partial charge on any atom is -0.354 e. The lowest BCUT2D eigenvalue weighted by atomic mass is 10.0. The van der Waals surface area contributed by atoms with Crippen LogP contribution in [-0.2, 0) is 38.8 Å². The second-order valence-corrected chi connectivity index (χ2v) is 14.7. The third-order valence-corrected chi connectivity index (χ3v) is 10.0. The van der Waals surface area contributed by atoms with Crippen LogP contribution < -0.4 is 9.62 Å². The molecule has 0 bridgehead atoms. The molecule has 0 aliphatic carbocycles. The van der Waals surface area contributed by atoms with E-state index < -0.39 is 56.9 Å². The van der Waals surface area contributed by atoms with Crippen molar-refractivity contribution in [3.8, 4) is 0 Å². The first-order valence-electron chi connectivity index (χ1n) is 15.4. The van der Waals surface area contributed by atoms with Crippen LogP contribution in [0.1, 0.15) is 36.1 Å². The summed E-state index contributed by atoms with van der Waals surface area (Å²) < 4.78 is 70.8. The molecule has 2 amide bonds. The SMILES string of the molecule is Cc1ccc(S(=O)(=O)N(CC(=O)N(Cc2ccc(Cl)cc2)C(Cc2ccccc2)C(=O)NCC(C)C)c2ccc(Cl)c(C(F)(F)F)c2)cc1. The van der Waals surface area contributed by atoms with E-state index >= 15 is 0 Å². The molecule has 49 heavy (non-hydrogen) atoms. The summed E-state index contributed by atoms with van der Waals surface area (Å²) >= 11 is 12.0. The van der Waals surface area contributed by atoms with Gasteiger partial charge in [0, 0.05) is 24.5 Å². The summed E-state index contributed by atoms with van der Waals surface area (Å²) in [5.74, 6) is -1.21. The third-order valence-electron chi connectivity index (χ3n) is 7.65. The van der Waals surface area contributed by atoms with E-state index in [1.165, 1.54) is 29.2 Å². The zero-order valence-corrected chi connectivity index (χ0v) is 29.4. The number of hydrogen-bond donors (Lipinski definition) is 1. The van der Waals surface area contributed by atoms with Crippen molar-refractivity contribution in [2.45, 2.75) is 50.9 Å². The van der Waals surface area contributed by atoms with E-state index in [2.05, 4.69) is 5.32 Å². The molecule has 4 aromatic carbocycles. The summed E-state index contributed by atoms with van der Waals surface area (Å²) in [6, 6.07) is 22.8. The summed E-state index contributed by atoms with van der Waals surface area (Å²) in [6.45, 7) is 4.84. The monoisotopic (exact) mass is 733 g/mol. The Hall–Kier alpha value is -4.06. The Balaban J connectivity index is 1.86. The molecule has 1 unspecified atom stereocenters. The second kappa shape index (κ2) is 16.1. The van der Waals surface area contributed by atoms with Gasteiger partial charge >= 0.3 is 6.18 Å². The van der Waals surface area contributed by atoms with E-state index in [-0.39, 0.29) is 23.8 Å². The predicted molar refractivity (Wildman–Crippen MR) is 186 cm³/mol. The first kappa shape index (κ1) is 37.8. The van der Waals surface area contributed by atoms with E-state index in [0.717, 1.165) is 23.3 Å². The van der Waals surface area contributed by atoms with Crippen molar-refractivity contribution in [2.75, 3.05) is 17.4 Å². The lowest BCUT2D eigenvalue weighted by Crippen LogP contribution is -2.53. The third kappa shape index (κ3) is 9.99. The van der Waals surface area contributed by atoms with Crippen molar-refractivity contribution >= 4 is 50.7 Å². The largest absolute Gasteiger partial charge is 0.417 e. The molecule has 0 aromatic heterocycles. The minimum absolute atomic E-state index is 0.0774. The molecule has 0 heterocycles. The number of benzene rings is 4. The highest BCUT2D eigenvalue weighted by Crippen LogP contribution is 2.38. The first-order chi connectivity index (χ1) is 23.1. The molecule has 0 saturated heterocycles. The molecular weight excluding hydrogens is 698 g/mol. The maximum Gasteiger partial charge on any atom is 0.417 e. The average Bonchev–Trinajstić information content (AvgIpc) is 3.05. The van der Waals surface area contributed by atoms with Crippen LogP contribution in [-0.4, -0.2) is 44.3 Å². The highest BCUT2D eigenvalue weighted by atomic mass is 35.5. The zero-order valence-electron chi connectivity index (χ0n) is 27.0. The van der Waals surface area contributed by atoms with Gasteiger partial charge in [-0.25, -0.2) is 8.42 Å². The molecule has 0 aliphatic rings. The van der Waals surface area contributed by atoms with Gasteiger partial charge in [0.1, 0.15) is 12.6 Å². The quantitative estimate of drug-likeness (QED) is 0.151. The van der Waals surface area contributed by atoms with E-state index in [1.54, 1.807) is 55.5 Å². The number of rotatable bonds is 13. The van der Waals surface area contributed by atoms with Gasteiger partial charge in [-0.05, 0) is 66.4 Å². The molecule has 13 heteroatoms. The molecule has 4 rings (SSSR count). The lowest BCUT2D eigenvalue weighted by Gasteiger charge is -2.34. The van der Waals surface area contributed by atoms with Gasteiger partial charge in [0.15, 0.2) is 0 Å². The molecule has 0 fully saturated rings. The average molecular weight is 735 g/mol. The van der Waals surface area contributed by atoms with Crippen molar-refractivity contribution in [1.29, 1.82) is 0 Å². The van der Waals surface area contributed by atoms with Gasteiger partial charge in [-0.2, -0.15) is 13.2 Å². The van der Waals surface area contributed by atoms with Gasteiger partial charge in [0.25, 0.3) is 10.0 Å². The Bertz CT molecular complexity index is 1860. The van der Waals surface area contributed by atoms with Crippen LogP contribution in [0.15, 0.2) is 102 Å². The number of amides is 2. The molecule has 0 radical (unpaired) electrons. The molecule has 0 spiro atoms. The molecule has 1 N–H and O–H groups in total. The van der Waals surface area contributed by atoms with Crippen LogP contribution in [0.25, 0.3) is 0 Å². The number of aryl methyl sites for hydroxylation is 1. The summed E-state index contributed by atoms with van der Waals surface area (Å²) in [4.78, 5) is 29.4. The number of alkyl halides is 3. The smallest absolute Gasteiger partial charge is 0.354 e. The van der Waals surface area contributed by atoms with Crippen molar-refractivity contribution in [3.05, 3.63) is 129 Å². The van der Waals surface area contributed by atoms with E-state index in [9.17, 15) is 31.2 Å². The van der Waals surface area contributed by atoms with Crippen LogP contribution in [0.2, 0.25) is 10.0 Å². The van der Waals surface area contributed by atoms with Gasteiger partial charge in [-0.3, -0.25) is 13.9 Å². The molecule has 0 saturated carbocycles. The normalized spacial score (nSPS) is 12.4. The highest BCUT2D eigenvalue weighted by Gasteiger charge is 2.37. The fraction of sp³-hybridized carbons (Fsp3) is 0.278. The summed E-state index contributed by atoms with van der Waals surface area (Å²) in [6.07, 6.45) is -4.83. The Morgan fingerprint density at radius 3 is 2.08 bits per heavy atom. The molecule has 4 aromatic rings. The van der Waals surface area contributed by atoms with Crippen LogP contribution >= 0.6 is 23.2 Å². The number of sulfonamides is 1. The van der Waals surface area contributed by atoms with Gasteiger partial charge in [-0.15, -0.1) is 0 Å². The zero-order chi connectivity index (χ0) is 35.9. The maximum atomic E-state index is 14.5. The molecular formula is C36H36Cl2F3N3O4S. The van der Waals surface area contributed by atoms with Crippen molar-refractivity contribution in [3.63, 3.8) is 0 Å². The summed E-state index contributed by atoms with van der Waals surface area (Å²) in [5, 5.41) is 2.69. The molecule has 7 nitrogen and oxygen atoms in total. The van der Waals surface area contributed by atoms with Gasteiger partial charge in [0.2, 0.25) is 11.8 Å². The van der Waals surface area contributed by atoms with Crippen molar-refractivity contribution in [2.24, 2.45) is 5.92 Å². The van der Waals surface area contributed by atoms with Gasteiger partial charge in [-0.1, -0.05) is 97.2 Å². The topological polar surface area (TPSA) is 86.8 Å². The van der Waals surface area contributed by atoms with E-state index in [1.807, 2.05) is 19.9 Å². The number of carbonyl (C=O) groups is 2. The Labute approximate surface area is 294 Å². The standard InChI is InChI=1S/C36H36Cl2F3N3O4S/c1-24(2)21-42-35(46)33(19-26-7-5-4-6-8-26)43(22-27-11-13-28(37)14-12-27)34(45)23-44(49(47,48)30-16-9-25(3)10-17-30)29-15-18-32(38)31(20-29)36(39,40)41/h4-18,20,24,33H,19,21-23H2,1-3H3,(H,42,46). The van der Waals surface area contributed by atoms with Crippen LogP contribution in [0.4, 0.5) is 18.9 Å².